The maximum atomic E-state index is 6.28. The molecule has 0 unspecified atom stereocenters. The first-order valence-electron chi connectivity index (χ1n) is 16.3. The van der Waals surface area contributed by atoms with E-state index in [4.69, 9.17) is 58.0 Å². The summed E-state index contributed by atoms with van der Waals surface area (Å²) in [6, 6.07) is 32.4. The third kappa shape index (κ3) is 8.02. The second-order valence-electron chi connectivity index (χ2n) is 11.5. The lowest BCUT2D eigenvalue weighted by molar-refractivity contribution is 1.14. The molecule has 12 heteroatoms. The highest BCUT2D eigenvalue weighted by Gasteiger charge is 2.13. The SMILES string of the molecule is CC.CN(C)c1cccc2c(SNc3ccc(Cl)c4c(Cl)c[nH]c34)cccc12.Clc1cccc2ccc(SNc3ccc(Cl)c4c(Cl)c[nH]c34)cc12. The van der Waals surface area contributed by atoms with Gasteiger partial charge in [-0.2, -0.15) is 0 Å². The van der Waals surface area contributed by atoms with Gasteiger partial charge in [0.25, 0.3) is 0 Å². The number of aromatic nitrogens is 2. The molecule has 0 spiro atoms. The molecule has 0 saturated carbocycles. The molecule has 0 radical (unpaired) electrons. The smallest absolute Gasteiger partial charge is 0.0728 e. The van der Waals surface area contributed by atoms with Gasteiger partial charge in [0.15, 0.2) is 0 Å². The van der Waals surface area contributed by atoms with E-state index in [0.29, 0.717) is 20.1 Å². The normalized spacial score (nSPS) is 10.9. The highest BCUT2D eigenvalue weighted by molar-refractivity contribution is 8.01. The number of benzene rings is 6. The van der Waals surface area contributed by atoms with Crippen molar-refractivity contribution < 1.29 is 0 Å². The molecule has 8 rings (SSSR count). The maximum absolute atomic E-state index is 6.28. The average molecular weight is 826 g/mol. The van der Waals surface area contributed by atoms with Crippen LogP contribution in [0, 0.1) is 0 Å². The first-order chi connectivity index (χ1) is 25.2. The molecule has 0 atom stereocenters. The summed E-state index contributed by atoms with van der Waals surface area (Å²) in [6.45, 7) is 4.00. The fraction of sp³-hybridized carbons (Fsp3) is 0.100. The van der Waals surface area contributed by atoms with Crippen molar-refractivity contribution in [2.24, 2.45) is 0 Å². The zero-order chi connectivity index (χ0) is 36.9. The molecule has 0 aliphatic carbocycles. The van der Waals surface area contributed by atoms with Crippen LogP contribution in [-0.4, -0.2) is 24.1 Å². The van der Waals surface area contributed by atoms with Gasteiger partial charge in [0.2, 0.25) is 0 Å². The van der Waals surface area contributed by atoms with Crippen LogP contribution < -0.4 is 14.3 Å². The molecule has 2 heterocycles. The van der Waals surface area contributed by atoms with Crippen LogP contribution in [0.5, 0.6) is 0 Å². The maximum Gasteiger partial charge on any atom is 0.0728 e. The molecule has 2 aromatic heterocycles. The van der Waals surface area contributed by atoms with E-state index in [-0.39, 0.29) is 0 Å². The van der Waals surface area contributed by atoms with Gasteiger partial charge in [0.1, 0.15) is 0 Å². The van der Waals surface area contributed by atoms with E-state index < -0.39 is 0 Å². The standard InChI is InChI=1S/C20H17Cl2N3S.C18H11Cl3N2S.C2H6/c1-25(2)17-7-3-6-13-12(17)5-4-8-18(13)26-24-16-10-9-14(21)19-15(22)11-23-20(16)19;19-13-3-1-2-10-4-5-11(8-12(10)13)24-23-16-7-6-14(20)17-15(21)9-22-18(16)17;1-2/h3-11,23-24H,1-2H3;1-9,22-23H;1-2H3. The van der Waals surface area contributed by atoms with Gasteiger partial charge in [-0.3, -0.25) is 0 Å². The molecule has 266 valence electrons. The lowest BCUT2D eigenvalue weighted by Gasteiger charge is -2.17. The second-order valence-corrected chi connectivity index (χ2v) is 15.3. The minimum Gasteiger partial charge on any atom is -0.377 e. The number of aromatic amines is 2. The van der Waals surface area contributed by atoms with Crippen molar-refractivity contribution in [2.45, 2.75) is 23.6 Å². The first-order valence-corrected chi connectivity index (χ1v) is 19.8. The summed E-state index contributed by atoms with van der Waals surface area (Å²) in [5, 5.41) is 9.52. The molecular formula is C40H34Cl5N5S2. The van der Waals surface area contributed by atoms with Crippen LogP contribution in [0.4, 0.5) is 17.1 Å². The van der Waals surface area contributed by atoms with E-state index in [0.717, 1.165) is 58.8 Å². The van der Waals surface area contributed by atoms with E-state index in [2.05, 4.69) is 93.0 Å². The first kappa shape index (κ1) is 38.2. The van der Waals surface area contributed by atoms with Crippen LogP contribution in [0.15, 0.2) is 119 Å². The van der Waals surface area contributed by atoms with Gasteiger partial charge in [0, 0.05) is 68.5 Å². The lowest BCUT2D eigenvalue weighted by atomic mass is 10.1. The number of hydrogen-bond donors (Lipinski definition) is 4. The van der Waals surface area contributed by atoms with Crippen molar-refractivity contribution >= 4 is 142 Å². The van der Waals surface area contributed by atoms with Crippen molar-refractivity contribution in [1.82, 2.24) is 9.97 Å². The van der Waals surface area contributed by atoms with E-state index in [9.17, 15) is 0 Å². The summed E-state index contributed by atoms with van der Waals surface area (Å²) in [5.41, 5.74) is 4.87. The van der Waals surface area contributed by atoms with E-state index in [1.165, 1.54) is 28.4 Å². The number of hydrogen-bond acceptors (Lipinski definition) is 5. The number of H-pyrrole nitrogens is 2. The summed E-state index contributed by atoms with van der Waals surface area (Å²) >= 11 is 34.3. The number of fused-ring (bicyclic) bond motifs is 4. The van der Waals surface area contributed by atoms with E-state index >= 15 is 0 Å². The monoisotopic (exact) mass is 823 g/mol. The molecule has 8 aromatic rings. The summed E-state index contributed by atoms with van der Waals surface area (Å²) in [7, 11) is 4.12. The number of halogens is 5. The summed E-state index contributed by atoms with van der Waals surface area (Å²) in [6.07, 6.45) is 3.50. The fourth-order valence-corrected chi connectivity index (χ4v) is 8.64. The minimum atomic E-state index is 0.612. The summed E-state index contributed by atoms with van der Waals surface area (Å²) < 4.78 is 6.79. The average Bonchev–Trinajstić information content (AvgIpc) is 3.76. The van der Waals surface area contributed by atoms with E-state index in [1.807, 2.05) is 56.3 Å². The van der Waals surface area contributed by atoms with Crippen molar-refractivity contribution in [2.75, 3.05) is 28.4 Å². The Bertz CT molecular complexity index is 2510. The molecule has 4 N–H and O–H groups in total. The predicted molar refractivity (Wildman–Crippen MR) is 234 cm³/mol. The van der Waals surface area contributed by atoms with Crippen LogP contribution in [-0.2, 0) is 0 Å². The molecule has 5 nitrogen and oxygen atoms in total. The van der Waals surface area contributed by atoms with E-state index in [1.54, 1.807) is 24.3 Å². The Balaban J connectivity index is 0.000000171. The molecule has 52 heavy (non-hydrogen) atoms. The Labute approximate surface area is 336 Å². The Morgan fingerprint density at radius 1 is 0.538 bits per heavy atom. The van der Waals surface area contributed by atoms with Gasteiger partial charge in [-0.1, -0.05) is 114 Å². The zero-order valence-corrected chi connectivity index (χ0v) is 34.0. The number of rotatable bonds is 7. The molecule has 0 fully saturated rings. The third-order valence-electron chi connectivity index (χ3n) is 8.16. The van der Waals surface area contributed by atoms with Gasteiger partial charge in [-0.15, -0.1) is 0 Å². The summed E-state index contributed by atoms with van der Waals surface area (Å²) in [4.78, 5) is 10.7. The fourth-order valence-electron chi connectivity index (χ4n) is 5.75. The Kier molecular flexibility index (Phi) is 12.5. The molecule has 0 saturated heterocycles. The zero-order valence-electron chi connectivity index (χ0n) is 28.5. The van der Waals surface area contributed by atoms with Gasteiger partial charge in [0.05, 0.1) is 42.5 Å². The molecule has 0 amide bonds. The Morgan fingerprint density at radius 2 is 1.12 bits per heavy atom. The molecular weight excluding hydrogens is 792 g/mol. The minimum absolute atomic E-state index is 0.612. The summed E-state index contributed by atoms with van der Waals surface area (Å²) in [5.74, 6) is 0. The van der Waals surface area contributed by atoms with Crippen molar-refractivity contribution in [3.05, 3.63) is 135 Å². The largest absolute Gasteiger partial charge is 0.377 e. The van der Waals surface area contributed by atoms with Crippen LogP contribution >= 0.6 is 81.9 Å². The quantitative estimate of drug-likeness (QED) is 0.121. The van der Waals surface area contributed by atoms with Crippen LogP contribution in [0.25, 0.3) is 43.4 Å². The van der Waals surface area contributed by atoms with Crippen molar-refractivity contribution in [3.8, 4) is 0 Å². The topological polar surface area (TPSA) is 58.9 Å². The Morgan fingerprint density at radius 3 is 1.75 bits per heavy atom. The van der Waals surface area contributed by atoms with Gasteiger partial charge in [-0.25, -0.2) is 0 Å². The number of anilines is 3. The molecule has 6 aromatic carbocycles. The second kappa shape index (κ2) is 17.1. The van der Waals surface area contributed by atoms with Crippen molar-refractivity contribution in [1.29, 1.82) is 0 Å². The van der Waals surface area contributed by atoms with Crippen molar-refractivity contribution in [3.63, 3.8) is 0 Å². The molecule has 0 bridgehead atoms. The van der Waals surface area contributed by atoms with Crippen LogP contribution in [0.2, 0.25) is 25.1 Å². The number of nitrogens with zero attached hydrogens (tertiary/aromatic N) is 1. The Hall–Kier alpha value is -3.53. The number of nitrogens with one attached hydrogen (secondary N) is 4. The van der Waals surface area contributed by atoms with Gasteiger partial charge < -0.3 is 24.3 Å². The third-order valence-corrected chi connectivity index (χ3v) is 11.4. The van der Waals surface area contributed by atoms with Crippen LogP contribution in [0.3, 0.4) is 0 Å². The molecule has 0 aliphatic heterocycles. The highest BCUT2D eigenvalue weighted by Crippen LogP contribution is 2.39. The van der Waals surface area contributed by atoms with Crippen LogP contribution in [0.1, 0.15) is 13.8 Å². The highest BCUT2D eigenvalue weighted by atomic mass is 35.5. The van der Waals surface area contributed by atoms with Gasteiger partial charge in [-0.05, 0) is 89.3 Å². The molecule has 0 aliphatic rings. The van der Waals surface area contributed by atoms with Gasteiger partial charge >= 0.3 is 0 Å². The predicted octanol–water partition coefficient (Wildman–Crippen LogP) is 15.2. The lowest BCUT2D eigenvalue weighted by Crippen LogP contribution is -2.08.